The predicted molar refractivity (Wildman–Crippen MR) is 340 cm³/mol. The Balaban J connectivity index is 0.0000000675. The fourth-order valence-corrected chi connectivity index (χ4v) is 34.0. The van der Waals surface area contributed by atoms with E-state index in [-0.39, 0.29) is 0 Å². The van der Waals surface area contributed by atoms with Crippen LogP contribution in [-0.2, 0) is 0 Å². The summed E-state index contributed by atoms with van der Waals surface area (Å²) in [5.74, 6) is 43.9. The Bertz CT molecular complexity index is 2090. The molecule has 33 aliphatic rings. The highest BCUT2D eigenvalue weighted by molar-refractivity contribution is 5.24. The van der Waals surface area contributed by atoms with Crippen molar-refractivity contribution in [1.82, 2.24) is 0 Å². The van der Waals surface area contributed by atoms with Crippen molar-refractivity contribution in [3.63, 3.8) is 0 Å². The van der Waals surface area contributed by atoms with Gasteiger partial charge in [0.05, 0.1) is 0 Å². The quantitative estimate of drug-likeness (QED) is 0.212. The van der Waals surface area contributed by atoms with Gasteiger partial charge in [0.2, 0.25) is 0 Å². The maximum absolute atomic E-state index is 1.64. The Morgan fingerprint density at radius 3 is 0.928 bits per heavy atom. The standard InChI is InChI=1S/C12H18.2C11H18.2C10H16.C9H14.2C7H10.C6H8/c1-2-8-5-7(1)11-9-3-4-10(6-9)12(8)11;1-3-9-7-10-4-2-6-11(10,5-1)8-9;1-2-4-10-9-5-6-11(10)8(3-1)7-9;1-7-2-9-4-8(1)5-10(3-7)6-9;1-2-9-7-4-5-8(6-7)10(9)3-1;1-6-2-8-4-7(1)5-9(8)3-6;1-4-2-6-5(1)7(6)3-4;1-2-4-6-5(3-1)7(4)6;1-2-4-5-3(1)6(4)5/h7-12H,1-6H2;9-10H,1-8H2;8-11H,1-7H2;2*7-10H,1-6H2;6-9H,1-5H2;2*4-7H,1-3H2;3-6H,1-2H2. The molecule has 460 valence electrons. The fraction of sp³-hybridized carbons (Fsp3) is 1.00. The molecule has 33 fully saturated rings. The minimum Gasteiger partial charge on any atom is -0.0530 e. The summed E-state index contributed by atoms with van der Waals surface area (Å²) in [4.78, 5) is 0. The largest absolute Gasteiger partial charge is 0.0530 e. The summed E-state index contributed by atoms with van der Waals surface area (Å²) < 4.78 is 0. The SMILES string of the molecule is C1C2CC3C1C3C2.C1C2CC3CC1CC(C2)C3.C1C2CC3CC1CC3C2.C1CC2C3C(C1)C23.C1CC2C3C1C23.C1CC2C3CCC(C3)C2C1.C1CC2CC1C1C3CCC(C3)C21.C1CC2CC3CCCC3(C1)C2.C1CCC2C3CCC2C(C1)C3. The molecule has 0 heteroatoms. The van der Waals surface area contributed by atoms with E-state index in [9.17, 15) is 0 Å². The Hall–Kier alpha value is 0. The molecule has 0 saturated heterocycles. The van der Waals surface area contributed by atoms with Crippen LogP contribution in [0.3, 0.4) is 0 Å². The molecule has 0 heterocycles. The molecule has 1 spiro atoms. The van der Waals surface area contributed by atoms with Crippen molar-refractivity contribution in [3.8, 4) is 0 Å². The van der Waals surface area contributed by atoms with Crippen LogP contribution in [0.1, 0.15) is 295 Å². The van der Waals surface area contributed by atoms with Crippen LogP contribution in [0.15, 0.2) is 0 Å². The molecule has 83 heavy (non-hydrogen) atoms. The minimum absolute atomic E-state index is 0.906. The average Bonchev–Trinajstić information content (AvgIpc) is 1.58. The lowest BCUT2D eigenvalue weighted by atomic mass is 9.56. The number of fused-ring (bicyclic) bond motifs is 18. The van der Waals surface area contributed by atoms with Gasteiger partial charge in [-0.15, -0.1) is 0 Å². The summed E-state index contributed by atoms with van der Waals surface area (Å²) in [6, 6.07) is 0. The van der Waals surface area contributed by atoms with Crippen LogP contribution < -0.4 is 0 Å². The maximum atomic E-state index is 1.64. The Labute approximate surface area is 511 Å². The van der Waals surface area contributed by atoms with Crippen LogP contribution in [0.25, 0.3) is 0 Å². The second-order valence-electron chi connectivity index (χ2n) is 39.9. The molecule has 0 aliphatic heterocycles. The summed E-state index contributed by atoms with van der Waals surface area (Å²) in [7, 11) is 0. The third-order valence-electron chi connectivity index (χ3n) is 36.7. The minimum atomic E-state index is 0.906. The summed E-state index contributed by atoms with van der Waals surface area (Å²) >= 11 is 0. The first-order chi connectivity index (χ1) is 41.0. The molecule has 33 aliphatic carbocycles. The molecule has 0 aromatic heterocycles. The van der Waals surface area contributed by atoms with Crippen LogP contribution >= 0.6 is 0 Å². The van der Waals surface area contributed by atoms with Gasteiger partial charge in [0, 0.05) is 0 Å². The van der Waals surface area contributed by atoms with E-state index in [2.05, 4.69) is 0 Å². The summed E-state index contributed by atoms with van der Waals surface area (Å²) in [6.07, 6.45) is 73.5. The monoisotopic (exact) mass is 1130 g/mol. The van der Waals surface area contributed by atoms with Crippen LogP contribution in [0.5, 0.6) is 0 Å². The van der Waals surface area contributed by atoms with Crippen molar-refractivity contribution in [2.75, 3.05) is 0 Å². The van der Waals surface area contributed by atoms with Crippen molar-refractivity contribution >= 4 is 0 Å². The maximum Gasteiger partial charge on any atom is -0.0266 e. The smallest absolute Gasteiger partial charge is 0.0266 e. The summed E-state index contributed by atoms with van der Waals surface area (Å²) in [5.41, 5.74) is 0.906. The van der Waals surface area contributed by atoms with Crippen molar-refractivity contribution in [1.29, 1.82) is 0 Å². The van der Waals surface area contributed by atoms with Gasteiger partial charge in [0.1, 0.15) is 0 Å². The van der Waals surface area contributed by atoms with E-state index < -0.39 is 0 Å². The van der Waals surface area contributed by atoms with Gasteiger partial charge in [0.15, 0.2) is 0 Å². The van der Waals surface area contributed by atoms with Crippen molar-refractivity contribution < 1.29 is 0 Å². The zero-order chi connectivity index (χ0) is 53.8. The van der Waals surface area contributed by atoms with Crippen LogP contribution in [0.2, 0.25) is 0 Å². The highest BCUT2D eigenvalue weighted by Gasteiger charge is 2.76. The number of rotatable bonds is 0. The molecular formula is C83H128. The van der Waals surface area contributed by atoms with E-state index in [1.54, 1.807) is 295 Å². The third-order valence-corrected chi connectivity index (χ3v) is 36.7. The number of hydrogen-bond donors (Lipinski definition) is 0. The van der Waals surface area contributed by atoms with E-state index in [0.29, 0.717) is 0 Å². The lowest BCUT2D eigenvalue weighted by Crippen LogP contribution is -2.38. The van der Waals surface area contributed by atoms with Crippen LogP contribution in [0, 0.1) is 218 Å². The van der Waals surface area contributed by atoms with Crippen molar-refractivity contribution in [2.24, 2.45) is 218 Å². The molecule has 0 amide bonds. The van der Waals surface area contributed by atoms with Gasteiger partial charge < -0.3 is 0 Å². The van der Waals surface area contributed by atoms with Crippen LogP contribution in [0.4, 0.5) is 0 Å². The van der Waals surface area contributed by atoms with Gasteiger partial charge in [-0.05, 0) is 462 Å². The summed E-state index contributed by atoms with van der Waals surface area (Å²) in [5, 5.41) is 0. The molecule has 0 aromatic carbocycles. The zero-order valence-corrected chi connectivity index (χ0v) is 53.8. The van der Waals surface area contributed by atoms with E-state index >= 15 is 0 Å². The molecular weight excluding hydrogens is 997 g/mol. The third kappa shape index (κ3) is 9.50. The zero-order valence-electron chi connectivity index (χ0n) is 53.8. The Morgan fingerprint density at radius 1 is 0.169 bits per heavy atom. The Morgan fingerprint density at radius 2 is 0.506 bits per heavy atom. The first-order valence-corrected chi connectivity index (χ1v) is 41.0. The molecule has 0 N–H and O–H groups in total. The highest BCUT2D eigenvalue weighted by Crippen LogP contribution is 2.82. The lowest BCUT2D eigenvalue weighted by Gasteiger charge is -2.49. The molecule has 33 rings (SSSR count). The topological polar surface area (TPSA) is 0 Å². The van der Waals surface area contributed by atoms with E-state index in [1.807, 2.05) is 0 Å². The lowest BCUT2D eigenvalue weighted by molar-refractivity contribution is 0.0198. The summed E-state index contributed by atoms with van der Waals surface area (Å²) in [6.45, 7) is 0. The van der Waals surface area contributed by atoms with Gasteiger partial charge in [0.25, 0.3) is 0 Å². The fourth-order valence-electron chi connectivity index (χ4n) is 34.0. The molecule has 15 atom stereocenters. The predicted octanol–water partition coefficient (Wildman–Crippen LogP) is 22.4. The van der Waals surface area contributed by atoms with Gasteiger partial charge in [-0.1, -0.05) is 51.4 Å². The molecule has 28 bridgehead atoms. The molecule has 0 nitrogen and oxygen atoms in total. The Kier molecular flexibility index (Phi) is 13.6. The highest BCUT2D eigenvalue weighted by atomic mass is 14.8. The van der Waals surface area contributed by atoms with Gasteiger partial charge in [-0.3, -0.25) is 0 Å². The van der Waals surface area contributed by atoms with Crippen molar-refractivity contribution in [2.45, 2.75) is 295 Å². The average molecular weight is 1130 g/mol. The molecule has 33 saturated carbocycles. The van der Waals surface area contributed by atoms with Gasteiger partial charge in [-0.2, -0.15) is 0 Å². The number of hydrogen-bond acceptors (Lipinski definition) is 0. The van der Waals surface area contributed by atoms with E-state index in [1.165, 1.54) is 207 Å². The van der Waals surface area contributed by atoms with E-state index in [4.69, 9.17) is 0 Å². The second kappa shape index (κ2) is 21.0. The van der Waals surface area contributed by atoms with E-state index in [0.717, 1.165) is 11.3 Å². The molecule has 0 aromatic rings. The first-order valence-electron chi connectivity index (χ1n) is 41.0. The second-order valence-corrected chi connectivity index (χ2v) is 39.9. The molecule has 15 unspecified atom stereocenters. The van der Waals surface area contributed by atoms with Crippen molar-refractivity contribution in [3.05, 3.63) is 0 Å². The molecule has 0 radical (unpaired) electrons. The van der Waals surface area contributed by atoms with Crippen LogP contribution in [-0.4, -0.2) is 0 Å². The first kappa shape index (κ1) is 53.6. The van der Waals surface area contributed by atoms with Gasteiger partial charge >= 0.3 is 0 Å². The van der Waals surface area contributed by atoms with Gasteiger partial charge in [-0.25, -0.2) is 0 Å². The normalized spacial score (nSPS) is 62.5.